The van der Waals surface area contributed by atoms with Crippen LogP contribution in [0.5, 0.6) is 5.75 Å². The zero-order chi connectivity index (χ0) is 23.8. The number of ether oxygens (including phenoxy) is 2. The Kier molecular flexibility index (Phi) is 6.25. The second-order valence-corrected chi connectivity index (χ2v) is 10.7. The molecular weight excluding hydrogens is 444 g/mol. The van der Waals surface area contributed by atoms with Gasteiger partial charge in [-0.3, -0.25) is 13.8 Å². The zero-order valence-corrected chi connectivity index (χ0v) is 19.5. The second kappa shape index (κ2) is 8.97. The summed E-state index contributed by atoms with van der Waals surface area (Å²) in [6, 6.07) is 14.3. The fraction of sp³-hybridized carbons (Fsp3) is 0.375. The van der Waals surface area contributed by atoms with Gasteiger partial charge < -0.3 is 19.7 Å². The molecule has 8 nitrogen and oxygen atoms in total. The Hall–Kier alpha value is -3.20. The van der Waals surface area contributed by atoms with Crippen molar-refractivity contribution < 1.29 is 28.1 Å². The van der Waals surface area contributed by atoms with Gasteiger partial charge in [-0.25, -0.2) is 4.79 Å². The smallest absolute Gasteiger partial charge is 0.330 e. The molecule has 9 heteroatoms. The summed E-state index contributed by atoms with van der Waals surface area (Å²) >= 11 is 0. The van der Waals surface area contributed by atoms with Crippen molar-refractivity contribution >= 4 is 28.6 Å². The number of hydrogen-bond donors (Lipinski definition) is 1. The molecular formula is C24H26N2O6S. The molecule has 0 aromatic heterocycles. The van der Waals surface area contributed by atoms with Crippen LogP contribution in [-0.4, -0.2) is 56.2 Å². The van der Waals surface area contributed by atoms with E-state index in [9.17, 15) is 18.6 Å². The van der Waals surface area contributed by atoms with Gasteiger partial charge in [-0.15, -0.1) is 0 Å². The molecule has 1 unspecified atom stereocenters. The highest BCUT2D eigenvalue weighted by molar-refractivity contribution is 7.87. The fourth-order valence-corrected chi connectivity index (χ4v) is 6.15. The van der Waals surface area contributed by atoms with Crippen LogP contribution >= 0.6 is 0 Å². The Labute approximate surface area is 194 Å². The zero-order valence-electron chi connectivity index (χ0n) is 18.6. The third-order valence-electron chi connectivity index (χ3n) is 6.04. The molecule has 2 saturated heterocycles. The van der Waals surface area contributed by atoms with E-state index >= 15 is 0 Å². The third-order valence-corrected chi connectivity index (χ3v) is 8.24. The number of carbonyl (C=O) groups excluding carboxylic acids is 3. The molecule has 0 aliphatic carbocycles. The van der Waals surface area contributed by atoms with E-state index in [1.165, 1.54) is 4.90 Å². The summed E-state index contributed by atoms with van der Waals surface area (Å²) in [4.78, 5) is 39.6. The van der Waals surface area contributed by atoms with Gasteiger partial charge in [0.25, 0.3) is 0 Å². The minimum absolute atomic E-state index is 0.0198. The quantitative estimate of drug-likeness (QED) is 0.487. The van der Waals surface area contributed by atoms with E-state index in [4.69, 9.17) is 9.47 Å². The highest BCUT2D eigenvalue weighted by Crippen LogP contribution is 2.44. The third kappa shape index (κ3) is 4.25. The predicted molar refractivity (Wildman–Crippen MR) is 122 cm³/mol. The number of carbonyl (C=O) groups is 3. The lowest BCUT2D eigenvalue weighted by Crippen LogP contribution is -2.71. The summed E-state index contributed by atoms with van der Waals surface area (Å²) in [6.07, 6.45) is 0.112. The van der Waals surface area contributed by atoms with Gasteiger partial charge in [-0.1, -0.05) is 42.5 Å². The van der Waals surface area contributed by atoms with Gasteiger partial charge in [0.15, 0.2) is 0 Å². The van der Waals surface area contributed by atoms with E-state index in [0.29, 0.717) is 5.75 Å². The molecule has 0 saturated carbocycles. The number of benzene rings is 2. The molecule has 1 N–H and O–H groups in total. The average molecular weight is 471 g/mol. The van der Waals surface area contributed by atoms with Gasteiger partial charge in [0.1, 0.15) is 29.8 Å². The van der Waals surface area contributed by atoms with Crippen LogP contribution in [0.15, 0.2) is 54.6 Å². The van der Waals surface area contributed by atoms with Crippen LogP contribution in [-0.2, 0) is 42.9 Å². The van der Waals surface area contributed by atoms with Crippen molar-refractivity contribution in [3.8, 4) is 5.75 Å². The normalized spacial score (nSPS) is 25.1. The van der Waals surface area contributed by atoms with E-state index in [-0.39, 0.29) is 18.9 Å². The van der Waals surface area contributed by atoms with Crippen LogP contribution in [0.4, 0.5) is 0 Å². The summed E-state index contributed by atoms with van der Waals surface area (Å²) in [5.41, 5.74) is 1.57. The van der Waals surface area contributed by atoms with Crippen LogP contribution in [0.2, 0.25) is 0 Å². The fourth-order valence-electron chi connectivity index (χ4n) is 4.23. The number of rotatable bonds is 7. The molecule has 2 aromatic rings. The number of hydrogen-bond acceptors (Lipinski definition) is 6. The van der Waals surface area contributed by atoms with E-state index < -0.39 is 44.9 Å². The number of methoxy groups -OCH3 is 1. The van der Waals surface area contributed by atoms with E-state index in [0.717, 1.165) is 11.1 Å². The Balaban J connectivity index is 1.42. The van der Waals surface area contributed by atoms with Crippen LogP contribution in [0.25, 0.3) is 0 Å². The predicted octanol–water partition coefficient (Wildman–Crippen LogP) is 1.54. The molecule has 4 rings (SSSR count). The molecule has 2 aliphatic heterocycles. The standard InChI is InChI=1S/C24H26N2O6S/c1-24(2)20(23(29)32-14-16-9-11-17(31-3)12-10-16)26-21(28)19(22(26)33(24)30)25-18(27)13-15-7-5-4-6-8-15/h4-12,19-20,22H,13-14H2,1-3H3,(H,25,27)/t19-,20+,22-,33?/m1/s1. The Bertz CT molecular complexity index is 1090. The van der Waals surface area contributed by atoms with Gasteiger partial charge in [-0.2, -0.15) is 0 Å². The number of amides is 2. The second-order valence-electron chi connectivity index (χ2n) is 8.60. The maximum absolute atomic E-state index is 13.2. The first kappa shape index (κ1) is 23.0. The van der Waals surface area contributed by atoms with Gasteiger partial charge in [-0.05, 0) is 37.1 Å². The summed E-state index contributed by atoms with van der Waals surface area (Å²) in [5.74, 6) is -0.688. The van der Waals surface area contributed by atoms with Crippen molar-refractivity contribution in [3.05, 3.63) is 65.7 Å². The lowest BCUT2D eigenvalue weighted by Gasteiger charge is -2.43. The molecule has 2 aliphatic rings. The van der Waals surface area contributed by atoms with Crippen molar-refractivity contribution in [1.29, 1.82) is 0 Å². The summed E-state index contributed by atoms with van der Waals surface area (Å²) in [5, 5.41) is 1.94. The SMILES string of the molecule is COc1ccc(COC(=O)[C@@H]2N3C(=O)[C@@H](NC(=O)Cc4ccccc4)[C@H]3S(=O)C2(C)C)cc1. The Morgan fingerprint density at radius 2 is 1.73 bits per heavy atom. The number of β-lactam (4-membered cyclic amide) rings is 1. The number of nitrogens with zero attached hydrogens (tertiary/aromatic N) is 1. The van der Waals surface area contributed by atoms with Gasteiger partial charge in [0.05, 0.1) is 29.1 Å². The lowest BCUT2D eigenvalue weighted by atomic mass is 9.96. The molecule has 2 heterocycles. The van der Waals surface area contributed by atoms with E-state index in [1.54, 1.807) is 45.2 Å². The van der Waals surface area contributed by atoms with Crippen molar-refractivity contribution in [1.82, 2.24) is 10.2 Å². The molecule has 33 heavy (non-hydrogen) atoms. The number of nitrogens with one attached hydrogen (secondary N) is 1. The van der Waals surface area contributed by atoms with Gasteiger partial charge >= 0.3 is 5.97 Å². The number of esters is 1. The molecule has 0 radical (unpaired) electrons. The highest BCUT2D eigenvalue weighted by atomic mass is 32.2. The first-order chi connectivity index (χ1) is 15.7. The van der Waals surface area contributed by atoms with Crippen molar-refractivity contribution in [2.75, 3.05) is 7.11 Å². The van der Waals surface area contributed by atoms with Crippen LogP contribution < -0.4 is 10.1 Å². The largest absolute Gasteiger partial charge is 0.497 e. The first-order valence-corrected chi connectivity index (χ1v) is 11.8. The molecule has 0 spiro atoms. The summed E-state index contributed by atoms with van der Waals surface area (Å²) in [6.45, 7) is 3.37. The lowest BCUT2D eigenvalue weighted by molar-refractivity contribution is -0.165. The van der Waals surface area contributed by atoms with Crippen molar-refractivity contribution in [2.45, 2.75) is 49.1 Å². The first-order valence-electron chi connectivity index (χ1n) is 10.6. The van der Waals surface area contributed by atoms with Crippen LogP contribution in [0, 0.1) is 0 Å². The number of fused-ring (bicyclic) bond motifs is 1. The van der Waals surface area contributed by atoms with Crippen LogP contribution in [0.1, 0.15) is 25.0 Å². The maximum Gasteiger partial charge on any atom is 0.330 e. The molecule has 4 atom stereocenters. The molecule has 2 fully saturated rings. The van der Waals surface area contributed by atoms with E-state index in [1.807, 2.05) is 30.3 Å². The molecule has 0 bridgehead atoms. The molecule has 2 amide bonds. The monoisotopic (exact) mass is 470 g/mol. The topological polar surface area (TPSA) is 102 Å². The molecule has 174 valence electrons. The van der Waals surface area contributed by atoms with Gasteiger partial charge in [0, 0.05) is 0 Å². The minimum Gasteiger partial charge on any atom is -0.497 e. The van der Waals surface area contributed by atoms with Crippen LogP contribution in [0.3, 0.4) is 0 Å². The summed E-state index contributed by atoms with van der Waals surface area (Å²) < 4.78 is 22.8. The minimum atomic E-state index is -1.56. The van der Waals surface area contributed by atoms with E-state index in [2.05, 4.69) is 5.32 Å². The maximum atomic E-state index is 13.2. The molecule has 2 aromatic carbocycles. The average Bonchev–Trinajstić information content (AvgIpc) is 3.00. The van der Waals surface area contributed by atoms with Gasteiger partial charge in [0.2, 0.25) is 11.8 Å². The summed E-state index contributed by atoms with van der Waals surface area (Å²) in [7, 11) is -0.000290. The highest BCUT2D eigenvalue weighted by Gasteiger charge is 2.68. The Morgan fingerprint density at radius 3 is 2.36 bits per heavy atom. The van der Waals surface area contributed by atoms with Crippen molar-refractivity contribution in [3.63, 3.8) is 0 Å². The Morgan fingerprint density at radius 1 is 1.06 bits per heavy atom. The van der Waals surface area contributed by atoms with Crippen molar-refractivity contribution in [2.24, 2.45) is 0 Å².